The SMILES string of the molecule is CC(=O)C1OC(=O)N(C(=O)NCCCN2CCC(c3ccc(F)cc3)CC2)C1c1ccc(F)c(F)c1. The lowest BCUT2D eigenvalue weighted by molar-refractivity contribution is -0.124. The number of amides is 3. The van der Waals surface area contributed by atoms with Crippen LogP contribution >= 0.6 is 0 Å². The van der Waals surface area contributed by atoms with Gasteiger partial charge in [-0.3, -0.25) is 4.79 Å². The van der Waals surface area contributed by atoms with Crippen LogP contribution in [0.1, 0.15) is 49.3 Å². The number of carbonyl (C=O) groups excluding carboxylic acids is 3. The van der Waals surface area contributed by atoms with Crippen LogP contribution in [0.3, 0.4) is 0 Å². The van der Waals surface area contributed by atoms with Crippen LogP contribution in [0.25, 0.3) is 0 Å². The number of likely N-dealkylation sites (tertiary alicyclic amines) is 1. The smallest absolute Gasteiger partial charge is 0.419 e. The fourth-order valence-corrected chi connectivity index (χ4v) is 4.82. The highest BCUT2D eigenvalue weighted by atomic mass is 19.2. The van der Waals surface area contributed by atoms with Crippen LogP contribution < -0.4 is 5.32 Å². The topological polar surface area (TPSA) is 79.0 Å². The molecule has 2 aliphatic rings. The first-order valence-corrected chi connectivity index (χ1v) is 12.0. The van der Waals surface area contributed by atoms with Crippen molar-refractivity contribution in [1.29, 1.82) is 0 Å². The van der Waals surface area contributed by atoms with Gasteiger partial charge in [-0.15, -0.1) is 0 Å². The molecule has 7 nitrogen and oxygen atoms in total. The Morgan fingerprint density at radius 2 is 1.67 bits per heavy atom. The number of piperidine rings is 1. The van der Waals surface area contributed by atoms with Crippen molar-refractivity contribution in [2.75, 3.05) is 26.2 Å². The van der Waals surface area contributed by atoms with Crippen molar-refractivity contribution in [3.8, 4) is 0 Å². The highest BCUT2D eigenvalue weighted by molar-refractivity contribution is 5.97. The molecule has 192 valence electrons. The van der Waals surface area contributed by atoms with Crippen LogP contribution in [0, 0.1) is 17.5 Å². The molecule has 0 radical (unpaired) electrons. The molecule has 3 amide bonds. The standard InChI is InChI=1S/C26H28F3N3O4/c1-16(33)24-23(19-5-8-21(28)22(29)15-19)32(26(35)36-24)25(34)30-11-2-12-31-13-9-18(10-14-31)17-3-6-20(27)7-4-17/h3-8,15,18,23-24H,2,9-14H2,1H3,(H,30,34). The molecule has 0 saturated carbocycles. The predicted molar refractivity (Wildman–Crippen MR) is 125 cm³/mol. The molecule has 2 aromatic carbocycles. The van der Waals surface area contributed by atoms with Crippen LogP contribution in [0.2, 0.25) is 0 Å². The molecule has 0 bridgehead atoms. The maximum absolute atomic E-state index is 13.8. The fourth-order valence-electron chi connectivity index (χ4n) is 4.82. The highest BCUT2D eigenvalue weighted by Gasteiger charge is 2.48. The van der Waals surface area contributed by atoms with Crippen molar-refractivity contribution in [3.63, 3.8) is 0 Å². The molecule has 0 aromatic heterocycles. The summed E-state index contributed by atoms with van der Waals surface area (Å²) in [4.78, 5) is 40.3. The third-order valence-corrected chi connectivity index (χ3v) is 6.75. The molecule has 2 aromatic rings. The molecule has 0 aliphatic carbocycles. The van der Waals surface area contributed by atoms with Crippen molar-refractivity contribution in [1.82, 2.24) is 15.1 Å². The number of nitrogens with zero attached hydrogens (tertiary/aromatic N) is 2. The number of benzene rings is 2. The third-order valence-electron chi connectivity index (χ3n) is 6.75. The molecule has 0 spiro atoms. The minimum absolute atomic E-state index is 0.0825. The second kappa shape index (κ2) is 11.1. The van der Waals surface area contributed by atoms with Gasteiger partial charge in [0.05, 0.1) is 0 Å². The van der Waals surface area contributed by atoms with Crippen LogP contribution in [0.5, 0.6) is 0 Å². The van der Waals surface area contributed by atoms with E-state index in [2.05, 4.69) is 10.2 Å². The molecular weight excluding hydrogens is 475 g/mol. The zero-order chi connectivity index (χ0) is 25.8. The molecule has 10 heteroatoms. The van der Waals surface area contributed by atoms with E-state index in [4.69, 9.17) is 4.74 Å². The lowest BCUT2D eigenvalue weighted by Crippen LogP contribution is -2.44. The zero-order valence-corrected chi connectivity index (χ0v) is 19.9. The number of urea groups is 1. The second-order valence-electron chi connectivity index (χ2n) is 9.16. The van der Waals surface area contributed by atoms with Crippen molar-refractivity contribution in [2.45, 2.75) is 44.2 Å². The summed E-state index contributed by atoms with van der Waals surface area (Å²) >= 11 is 0. The van der Waals surface area contributed by atoms with Gasteiger partial charge in [0, 0.05) is 6.54 Å². The lowest BCUT2D eigenvalue weighted by Gasteiger charge is -2.32. The first-order valence-electron chi connectivity index (χ1n) is 12.0. The molecule has 2 atom stereocenters. The number of hydrogen-bond acceptors (Lipinski definition) is 5. The first kappa shape index (κ1) is 25.7. The van der Waals surface area contributed by atoms with E-state index in [1.165, 1.54) is 25.1 Å². The number of ether oxygens (including phenoxy) is 1. The fraction of sp³-hybridized carbons (Fsp3) is 0.423. The summed E-state index contributed by atoms with van der Waals surface area (Å²) in [5, 5.41) is 2.66. The number of cyclic esters (lactones) is 1. The largest absolute Gasteiger partial charge is 0.435 e. The average Bonchev–Trinajstić information content (AvgIpc) is 3.22. The summed E-state index contributed by atoms with van der Waals surface area (Å²) in [6.07, 6.45) is 0.211. The summed E-state index contributed by atoms with van der Waals surface area (Å²) in [6.45, 7) is 3.98. The monoisotopic (exact) mass is 503 g/mol. The third kappa shape index (κ3) is 5.70. The van der Waals surface area contributed by atoms with Crippen molar-refractivity contribution >= 4 is 17.9 Å². The molecule has 2 aliphatic heterocycles. The number of Topliss-reactive ketones (excluding diaryl/α,β-unsaturated/α-hetero) is 1. The van der Waals surface area contributed by atoms with Crippen LogP contribution in [-0.2, 0) is 9.53 Å². The van der Waals surface area contributed by atoms with Crippen LogP contribution in [-0.4, -0.2) is 60.0 Å². The van der Waals surface area contributed by atoms with Gasteiger partial charge >= 0.3 is 12.1 Å². The van der Waals surface area contributed by atoms with Gasteiger partial charge in [-0.1, -0.05) is 18.2 Å². The van der Waals surface area contributed by atoms with Gasteiger partial charge in [0.2, 0.25) is 0 Å². The second-order valence-corrected chi connectivity index (χ2v) is 9.16. The quantitative estimate of drug-likeness (QED) is 0.562. The molecule has 2 fully saturated rings. The molecule has 2 heterocycles. The Hall–Kier alpha value is -3.40. The normalized spacial score (nSPS) is 20.9. The van der Waals surface area contributed by atoms with E-state index in [1.54, 1.807) is 0 Å². The van der Waals surface area contributed by atoms with E-state index in [0.717, 1.165) is 55.1 Å². The summed E-state index contributed by atoms with van der Waals surface area (Å²) in [6, 6.07) is 7.61. The van der Waals surface area contributed by atoms with Gasteiger partial charge in [-0.05, 0) is 87.1 Å². The van der Waals surface area contributed by atoms with E-state index < -0.39 is 41.7 Å². The van der Waals surface area contributed by atoms with Crippen molar-refractivity contribution < 1.29 is 32.3 Å². The van der Waals surface area contributed by atoms with Crippen molar-refractivity contribution in [2.24, 2.45) is 0 Å². The van der Waals surface area contributed by atoms with Gasteiger partial charge in [-0.2, -0.15) is 0 Å². The summed E-state index contributed by atoms with van der Waals surface area (Å²) in [5.74, 6) is -2.60. The average molecular weight is 504 g/mol. The summed E-state index contributed by atoms with van der Waals surface area (Å²) in [7, 11) is 0. The minimum Gasteiger partial charge on any atom is -0.435 e. The van der Waals surface area contributed by atoms with Crippen LogP contribution in [0.15, 0.2) is 42.5 Å². The molecule has 2 saturated heterocycles. The molecule has 4 rings (SSSR count). The Balaban J connectivity index is 1.29. The number of halogens is 3. The Bertz CT molecular complexity index is 1120. The Morgan fingerprint density at radius 3 is 2.31 bits per heavy atom. The van der Waals surface area contributed by atoms with E-state index in [-0.39, 0.29) is 17.9 Å². The maximum atomic E-state index is 13.8. The van der Waals surface area contributed by atoms with Gasteiger partial charge in [0.15, 0.2) is 23.5 Å². The number of hydrogen-bond donors (Lipinski definition) is 1. The Labute approximate surface area is 207 Å². The number of imide groups is 1. The molecular formula is C26H28F3N3O4. The molecule has 36 heavy (non-hydrogen) atoms. The zero-order valence-electron chi connectivity index (χ0n) is 19.9. The minimum atomic E-state index is -1.31. The van der Waals surface area contributed by atoms with Gasteiger partial charge in [0.1, 0.15) is 11.9 Å². The first-order chi connectivity index (χ1) is 17.2. The number of ketones is 1. The lowest BCUT2D eigenvalue weighted by atomic mass is 9.89. The summed E-state index contributed by atoms with van der Waals surface area (Å²) < 4.78 is 45.5. The van der Waals surface area contributed by atoms with E-state index in [9.17, 15) is 27.6 Å². The Morgan fingerprint density at radius 1 is 1.00 bits per heavy atom. The highest BCUT2D eigenvalue weighted by Crippen LogP contribution is 2.34. The predicted octanol–water partition coefficient (Wildman–Crippen LogP) is 4.53. The van der Waals surface area contributed by atoms with Gasteiger partial charge in [0.25, 0.3) is 0 Å². The van der Waals surface area contributed by atoms with Crippen LogP contribution in [0.4, 0.5) is 22.8 Å². The molecule has 2 unspecified atom stereocenters. The maximum Gasteiger partial charge on any atom is 0.419 e. The Kier molecular flexibility index (Phi) is 7.93. The van der Waals surface area contributed by atoms with Gasteiger partial charge in [-0.25, -0.2) is 27.7 Å². The van der Waals surface area contributed by atoms with Crippen molar-refractivity contribution in [3.05, 3.63) is 71.0 Å². The molecule has 1 N–H and O–H groups in total. The van der Waals surface area contributed by atoms with E-state index in [0.29, 0.717) is 12.3 Å². The van der Waals surface area contributed by atoms with E-state index in [1.807, 2.05) is 12.1 Å². The number of carbonyl (C=O) groups is 3. The number of nitrogens with one attached hydrogen (secondary N) is 1. The summed E-state index contributed by atoms with van der Waals surface area (Å²) in [5.41, 5.74) is 1.22. The van der Waals surface area contributed by atoms with E-state index >= 15 is 0 Å². The number of rotatable bonds is 7. The van der Waals surface area contributed by atoms with Gasteiger partial charge < -0.3 is 15.0 Å².